The molecule has 2 aliphatic heterocycles. The third kappa shape index (κ3) is 4.06. The maximum atomic E-state index is 12.9. The summed E-state index contributed by atoms with van der Waals surface area (Å²) < 4.78 is 0. The van der Waals surface area contributed by atoms with Gasteiger partial charge in [-0.05, 0) is 67.8 Å². The molecule has 2 aliphatic rings. The van der Waals surface area contributed by atoms with Crippen LogP contribution in [0.2, 0.25) is 0 Å². The first-order chi connectivity index (χ1) is 14.0. The van der Waals surface area contributed by atoms with Gasteiger partial charge in [-0.15, -0.1) is 0 Å². The van der Waals surface area contributed by atoms with E-state index in [4.69, 9.17) is 0 Å². The van der Waals surface area contributed by atoms with Crippen LogP contribution in [0.25, 0.3) is 0 Å². The molecule has 2 saturated heterocycles. The first-order valence-electron chi connectivity index (χ1n) is 10.3. The Labute approximate surface area is 172 Å². The molecule has 0 radical (unpaired) electrons. The van der Waals surface area contributed by atoms with Crippen molar-refractivity contribution in [3.05, 3.63) is 48.5 Å². The van der Waals surface area contributed by atoms with E-state index in [0.29, 0.717) is 5.69 Å². The Hall–Kier alpha value is -3.02. The summed E-state index contributed by atoms with van der Waals surface area (Å²) in [6.45, 7) is 2.20. The van der Waals surface area contributed by atoms with Crippen molar-refractivity contribution < 1.29 is 9.59 Å². The number of rotatable bonds is 5. The van der Waals surface area contributed by atoms with Gasteiger partial charge in [0.2, 0.25) is 5.91 Å². The maximum absolute atomic E-state index is 12.9. The van der Waals surface area contributed by atoms with Crippen LogP contribution in [-0.4, -0.2) is 45.0 Å². The van der Waals surface area contributed by atoms with Crippen LogP contribution in [0.5, 0.6) is 0 Å². The average molecular weight is 393 g/mol. The van der Waals surface area contributed by atoms with Crippen LogP contribution in [0.3, 0.4) is 0 Å². The van der Waals surface area contributed by atoms with Crippen molar-refractivity contribution in [2.45, 2.75) is 31.7 Å². The topological polar surface area (TPSA) is 55.9 Å². The fraction of sp³-hybridized carbons (Fsp3) is 0.391. The lowest BCUT2D eigenvalue weighted by Crippen LogP contribution is -2.34. The quantitative estimate of drug-likeness (QED) is 0.790. The SMILES string of the molecule is CN(C)c1ccc(N2C(=O)C[C@H](Nc3ccc(N4CCCCC4)cc3)C2=O)cc1. The first kappa shape index (κ1) is 19.3. The van der Waals surface area contributed by atoms with Crippen LogP contribution in [0.1, 0.15) is 25.7 Å². The monoisotopic (exact) mass is 392 g/mol. The zero-order chi connectivity index (χ0) is 20.4. The van der Waals surface area contributed by atoms with E-state index in [-0.39, 0.29) is 18.2 Å². The lowest BCUT2D eigenvalue weighted by molar-refractivity contribution is -0.121. The number of carbonyl (C=O) groups is 2. The van der Waals surface area contributed by atoms with Gasteiger partial charge in [-0.1, -0.05) is 0 Å². The van der Waals surface area contributed by atoms with E-state index in [9.17, 15) is 9.59 Å². The molecule has 0 saturated carbocycles. The number of nitrogens with zero attached hydrogens (tertiary/aromatic N) is 3. The van der Waals surface area contributed by atoms with E-state index in [1.807, 2.05) is 55.4 Å². The molecule has 29 heavy (non-hydrogen) atoms. The summed E-state index contributed by atoms with van der Waals surface area (Å²) in [6.07, 6.45) is 3.96. The average Bonchev–Trinajstić information content (AvgIpc) is 3.02. The van der Waals surface area contributed by atoms with Gasteiger partial charge in [-0.25, -0.2) is 4.90 Å². The zero-order valence-corrected chi connectivity index (χ0v) is 17.1. The summed E-state index contributed by atoms with van der Waals surface area (Å²) in [4.78, 5) is 31.1. The molecule has 2 aromatic rings. The zero-order valence-electron chi connectivity index (χ0n) is 17.1. The van der Waals surface area contributed by atoms with Crippen molar-refractivity contribution in [1.82, 2.24) is 0 Å². The van der Waals surface area contributed by atoms with Crippen LogP contribution >= 0.6 is 0 Å². The summed E-state index contributed by atoms with van der Waals surface area (Å²) in [6, 6.07) is 15.1. The number of amides is 2. The van der Waals surface area contributed by atoms with Crippen LogP contribution in [0, 0.1) is 0 Å². The molecule has 2 heterocycles. The molecule has 0 spiro atoms. The van der Waals surface area contributed by atoms with Gasteiger partial charge in [0.05, 0.1) is 12.1 Å². The minimum Gasteiger partial charge on any atom is -0.378 e. The van der Waals surface area contributed by atoms with Crippen molar-refractivity contribution >= 4 is 34.6 Å². The van der Waals surface area contributed by atoms with Crippen molar-refractivity contribution in [1.29, 1.82) is 0 Å². The fourth-order valence-corrected chi connectivity index (χ4v) is 4.04. The number of benzene rings is 2. The number of hydrogen-bond acceptors (Lipinski definition) is 5. The summed E-state index contributed by atoms with van der Waals surface area (Å²) in [5.74, 6) is -0.372. The number of imide groups is 1. The van der Waals surface area contributed by atoms with E-state index in [1.54, 1.807) is 0 Å². The Morgan fingerprint density at radius 3 is 2.10 bits per heavy atom. The van der Waals surface area contributed by atoms with Crippen molar-refractivity contribution in [2.24, 2.45) is 0 Å². The number of hydrogen-bond donors (Lipinski definition) is 1. The third-order valence-corrected chi connectivity index (χ3v) is 5.70. The van der Waals surface area contributed by atoms with Gasteiger partial charge in [0.15, 0.2) is 0 Å². The molecule has 152 valence electrons. The van der Waals surface area contributed by atoms with Gasteiger partial charge in [0.25, 0.3) is 5.91 Å². The van der Waals surface area contributed by atoms with Gasteiger partial charge in [0, 0.05) is 44.2 Å². The van der Waals surface area contributed by atoms with Crippen LogP contribution in [-0.2, 0) is 9.59 Å². The Morgan fingerprint density at radius 1 is 0.862 bits per heavy atom. The molecule has 2 aromatic carbocycles. The lowest BCUT2D eigenvalue weighted by atomic mass is 10.1. The number of nitrogens with one attached hydrogen (secondary N) is 1. The Balaban J connectivity index is 1.43. The van der Waals surface area contributed by atoms with Crippen molar-refractivity contribution in [3.8, 4) is 0 Å². The molecule has 1 N–H and O–H groups in total. The Morgan fingerprint density at radius 2 is 1.48 bits per heavy atom. The highest BCUT2D eigenvalue weighted by molar-refractivity contribution is 6.23. The van der Waals surface area contributed by atoms with Gasteiger partial charge in [-0.3, -0.25) is 9.59 Å². The molecule has 0 aliphatic carbocycles. The summed E-state index contributed by atoms with van der Waals surface area (Å²) >= 11 is 0. The minimum atomic E-state index is -0.531. The first-order valence-corrected chi connectivity index (χ1v) is 10.3. The molecular weight excluding hydrogens is 364 g/mol. The highest BCUT2D eigenvalue weighted by atomic mass is 16.2. The Bertz CT molecular complexity index is 871. The molecule has 0 aromatic heterocycles. The molecule has 4 rings (SSSR count). The van der Waals surface area contributed by atoms with Crippen LogP contribution in [0.15, 0.2) is 48.5 Å². The van der Waals surface area contributed by atoms with Crippen LogP contribution in [0.4, 0.5) is 22.7 Å². The number of piperidine rings is 1. The van der Waals surface area contributed by atoms with E-state index in [1.165, 1.54) is 29.8 Å². The number of anilines is 4. The lowest BCUT2D eigenvalue weighted by Gasteiger charge is -2.29. The molecule has 0 bridgehead atoms. The second-order valence-corrected chi connectivity index (χ2v) is 7.97. The van der Waals surface area contributed by atoms with E-state index < -0.39 is 6.04 Å². The van der Waals surface area contributed by atoms with Crippen molar-refractivity contribution in [2.75, 3.05) is 47.2 Å². The van der Waals surface area contributed by atoms with Gasteiger partial charge >= 0.3 is 0 Å². The molecule has 1 atom stereocenters. The molecule has 6 nitrogen and oxygen atoms in total. The highest BCUT2D eigenvalue weighted by Crippen LogP contribution is 2.28. The summed E-state index contributed by atoms with van der Waals surface area (Å²) in [5.41, 5.74) is 3.72. The van der Waals surface area contributed by atoms with E-state index >= 15 is 0 Å². The van der Waals surface area contributed by atoms with Gasteiger partial charge in [0.1, 0.15) is 6.04 Å². The van der Waals surface area contributed by atoms with Gasteiger partial charge < -0.3 is 15.1 Å². The summed E-state index contributed by atoms with van der Waals surface area (Å²) in [5, 5.41) is 3.24. The Kier molecular flexibility index (Phi) is 5.43. The smallest absolute Gasteiger partial charge is 0.256 e. The second-order valence-electron chi connectivity index (χ2n) is 7.97. The molecule has 0 unspecified atom stereocenters. The largest absolute Gasteiger partial charge is 0.378 e. The highest BCUT2D eigenvalue weighted by Gasteiger charge is 2.39. The maximum Gasteiger partial charge on any atom is 0.256 e. The molecule has 6 heteroatoms. The third-order valence-electron chi connectivity index (χ3n) is 5.70. The van der Waals surface area contributed by atoms with E-state index in [2.05, 4.69) is 22.3 Å². The minimum absolute atomic E-state index is 0.169. The number of carbonyl (C=O) groups excluding carboxylic acids is 2. The fourth-order valence-electron chi connectivity index (χ4n) is 4.04. The molecule has 2 amide bonds. The standard InChI is InChI=1S/C23H28N4O2/c1-25(2)18-10-12-20(13-11-18)27-22(28)16-21(23(27)29)24-17-6-8-19(9-7-17)26-14-4-3-5-15-26/h6-13,21,24H,3-5,14-16H2,1-2H3/t21-/m0/s1. The van der Waals surface area contributed by atoms with Gasteiger partial charge in [-0.2, -0.15) is 0 Å². The van der Waals surface area contributed by atoms with Crippen LogP contribution < -0.4 is 20.0 Å². The predicted octanol–water partition coefficient (Wildman–Crippen LogP) is 3.49. The molecule has 2 fully saturated rings. The second kappa shape index (κ2) is 8.15. The normalized spacial score (nSPS) is 19.6. The van der Waals surface area contributed by atoms with E-state index in [0.717, 1.165) is 24.5 Å². The summed E-state index contributed by atoms with van der Waals surface area (Å²) in [7, 11) is 3.91. The molecular formula is C23H28N4O2. The van der Waals surface area contributed by atoms with Crippen molar-refractivity contribution in [3.63, 3.8) is 0 Å². The predicted molar refractivity (Wildman–Crippen MR) is 118 cm³/mol.